The molecular formula is C16H23IN2. The molecule has 0 bridgehead atoms. The SMILES string of the molecule is [2H]c1c([2H])c2c(c([2H])c1I)C(C)(C)C([2H])N2C1CCN(C)C([2H])([2H])C1([2H])[2H]. The second-order valence-electron chi connectivity index (χ2n) is 5.65. The minimum atomic E-state index is -2.29. The Morgan fingerprint density at radius 3 is 3.05 bits per heavy atom. The summed E-state index contributed by atoms with van der Waals surface area (Å²) in [5.41, 5.74) is -0.130. The summed E-state index contributed by atoms with van der Waals surface area (Å²) in [6, 6.07) is -1.09. The van der Waals surface area contributed by atoms with Crippen LogP contribution < -0.4 is 4.90 Å². The van der Waals surface area contributed by atoms with Gasteiger partial charge in [0.1, 0.15) is 0 Å². The summed E-state index contributed by atoms with van der Waals surface area (Å²) in [7, 11) is 1.54. The quantitative estimate of drug-likeness (QED) is 0.691. The number of fused-ring (bicyclic) bond motifs is 1. The highest BCUT2D eigenvalue weighted by Gasteiger charge is 2.38. The molecule has 19 heavy (non-hydrogen) atoms. The number of hydrogen-bond donors (Lipinski definition) is 0. The van der Waals surface area contributed by atoms with E-state index in [0.717, 1.165) is 0 Å². The topological polar surface area (TPSA) is 6.48 Å². The molecule has 0 saturated carbocycles. The Kier molecular flexibility index (Phi) is 1.84. The number of piperidine rings is 1. The second-order valence-corrected chi connectivity index (χ2v) is 6.73. The molecule has 104 valence electrons. The summed E-state index contributed by atoms with van der Waals surface area (Å²) in [4.78, 5) is 2.81. The van der Waals surface area contributed by atoms with Gasteiger partial charge in [-0.15, -0.1) is 0 Å². The van der Waals surface area contributed by atoms with Crippen LogP contribution >= 0.6 is 22.6 Å². The van der Waals surface area contributed by atoms with E-state index in [2.05, 4.69) is 0 Å². The molecular weight excluding hydrogens is 347 g/mol. The number of halogens is 1. The molecule has 2 unspecified atom stereocenters. The molecule has 1 fully saturated rings. The zero-order valence-corrected chi connectivity index (χ0v) is 13.5. The first kappa shape index (κ1) is 7.12. The van der Waals surface area contributed by atoms with Crippen molar-refractivity contribution in [3.63, 3.8) is 0 Å². The van der Waals surface area contributed by atoms with E-state index >= 15 is 0 Å². The number of benzene rings is 1. The second kappa shape index (κ2) is 4.92. The molecule has 0 radical (unpaired) electrons. The largest absolute Gasteiger partial charge is 0.367 e. The van der Waals surface area contributed by atoms with Crippen LogP contribution in [0.4, 0.5) is 5.69 Å². The minimum absolute atomic E-state index is 0.104. The predicted molar refractivity (Wildman–Crippen MR) is 90.1 cm³/mol. The fourth-order valence-corrected chi connectivity index (χ4v) is 3.00. The van der Waals surface area contributed by atoms with E-state index in [4.69, 9.17) is 11.0 Å². The molecule has 3 heteroatoms. The van der Waals surface area contributed by atoms with Gasteiger partial charge in [-0.3, -0.25) is 0 Å². The summed E-state index contributed by atoms with van der Waals surface area (Å²) in [6.45, 7) is 0.689. The number of likely N-dealkylation sites (tertiary alicyclic amines) is 1. The maximum Gasteiger partial charge on any atom is 0.0645 e. The predicted octanol–water partition coefficient (Wildman–Crippen LogP) is 3.48. The zero-order valence-electron chi connectivity index (χ0n) is 19.3. The highest BCUT2D eigenvalue weighted by Crippen LogP contribution is 2.43. The van der Waals surface area contributed by atoms with Gasteiger partial charge in [-0.2, -0.15) is 0 Å². The van der Waals surface area contributed by atoms with E-state index in [0.29, 0.717) is 22.1 Å². The molecule has 1 aromatic rings. The molecule has 2 heterocycles. The van der Waals surface area contributed by atoms with Crippen LogP contribution in [0.25, 0.3) is 0 Å². The number of hydrogen-bond acceptors (Lipinski definition) is 2. The summed E-state index contributed by atoms with van der Waals surface area (Å²) in [6.07, 6.45) is -2.00. The fraction of sp³-hybridized carbons (Fsp3) is 0.625. The first-order valence-corrected chi connectivity index (χ1v) is 7.48. The van der Waals surface area contributed by atoms with Crippen LogP contribution in [0.2, 0.25) is 0 Å². The summed E-state index contributed by atoms with van der Waals surface area (Å²) < 4.78 is 67.9. The summed E-state index contributed by atoms with van der Waals surface area (Å²) in [5.74, 6) is 0. The molecule has 0 aliphatic carbocycles. The normalized spacial score (nSPS) is 41.8. The van der Waals surface area contributed by atoms with Crippen molar-refractivity contribution in [1.29, 1.82) is 0 Å². The lowest BCUT2D eigenvalue weighted by molar-refractivity contribution is 0.248. The highest BCUT2D eigenvalue weighted by molar-refractivity contribution is 14.1. The van der Waals surface area contributed by atoms with Crippen LogP contribution in [0.1, 0.15) is 43.2 Å². The van der Waals surface area contributed by atoms with Crippen molar-refractivity contribution >= 4 is 28.3 Å². The number of anilines is 1. The third-order valence-corrected chi connectivity index (χ3v) is 4.16. The molecule has 1 aromatic carbocycles. The monoisotopic (exact) mass is 378 g/mol. The van der Waals surface area contributed by atoms with Crippen LogP contribution in [0.3, 0.4) is 0 Å². The van der Waals surface area contributed by atoms with Crippen molar-refractivity contribution in [2.24, 2.45) is 0 Å². The van der Waals surface area contributed by atoms with Gasteiger partial charge in [-0.25, -0.2) is 0 Å². The molecule has 2 nitrogen and oxygen atoms in total. The van der Waals surface area contributed by atoms with Crippen LogP contribution in [0, 0.1) is 3.57 Å². The Hall–Kier alpha value is -0.290. The van der Waals surface area contributed by atoms with Crippen molar-refractivity contribution < 1.29 is 11.0 Å². The molecule has 2 aliphatic heterocycles. The Morgan fingerprint density at radius 1 is 1.47 bits per heavy atom. The van der Waals surface area contributed by atoms with E-state index < -0.39 is 30.8 Å². The van der Waals surface area contributed by atoms with E-state index in [-0.39, 0.29) is 23.8 Å². The van der Waals surface area contributed by atoms with Gasteiger partial charge in [0, 0.05) is 32.7 Å². The van der Waals surface area contributed by atoms with Gasteiger partial charge in [0.2, 0.25) is 0 Å². The average molecular weight is 378 g/mol. The van der Waals surface area contributed by atoms with E-state index in [1.54, 1.807) is 13.8 Å². The van der Waals surface area contributed by atoms with Gasteiger partial charge in [0.05, 0.1) is 5.48 Å². The molecule has 0 amide bonds. The summed E-state index contributed by atoms with van der Waals surface area (Å²) in [5, 5.41) is 0. The Morgan fingerprint density at radius 2 is 2.26 bits per heavy atom. The van der Waals surface area contributed by atoms with Gasteiger partial charge >= 0.3 is 0 Å². The summed E-state index contributed by atoms with van der Waals surface area (Å²) >= 11 is 1.87. The van der Waals surface area contributed by atoms with Crippen LogP contribution in [0.15, 0.2) is 18.1 Å². The Bertz CT molecular complexity index is 797. The first-order chi connectivity index (χ1) is 12.2. The number of nitrogens with zero attached hydrogens (tertiary/aromatic N) is 2. The fourth-order valence-electron chi connectivity index (χ4n) is 2.60. The van der Waals surface area contributed by atoms with Crippen LogP contribution in [0.5, 0.6) is 0 Å². The molecule has 2 atom stereocenters. The smallest absolute Gasteiger partial charge is 0.0645 e. The lowest BCUT2D eigenvalue weighted by Crippen LogP contribution is -2.44. The van der Waals surface area contributed by atoms with Gasteiger partial charge < -0.3 is 9.80 Å². The van der Waals surface area contributed by atoms with E-state index in [1.807, 2.05) is 22.6 Å². The standard InChI is InChI=1S/C16H23IN2/c1-16(2)11-19(13-6-8-18(3)9-7-13)15-5-4-12(17)10-14(15)16/h4-5,10,13H,6-9,11H2,1-3H3/i4D,5D,6D2,8D2,10D,11D. The van der Waals surface area contributed by atoms with Crippen molar-refractivity contribution in [2.75, 3.05) is 31.5 Å². The third-order valence-electron chi connectivity index (χ3n) is 3.62. The maximum absolute atomic E-state index is 8.80. The molecule has 2 aliphatic rings. The first-order valence-electron chi connectivity index (χ1n) is 10.5. The van der Waals surface area contributed by atoms with Gasteiger partial charge in [0.25, 0.3) is 0 Å². The lowest BCUT2D eigenvalue weighted by Gasteiger charge is -2.37. The number of rotatable bonds is 1. The van der Waals surface area contributed by atoms with Crippen molar-refractivity contribution in [2.45, 2.75) is 38.1 Å². The maximum atomic E-state index is 8.80. The Labute approximate surface area is 141 Å². The molecule has 0 aromatic heterocycles. The Balaban J connectivity index is 2.26. The van der Waals surface area contributed by atoms with Crippen molar-refractivity contribution in [1.82, 2.24) is 4.90 Å². The molecule has 0 spiro atoms. The molecule has 3 rings (SSSR count). The highest BCUT2D eigenvalue weighted by atomic mass is 127. The molecule has 1 saturated heterocycles. The van der Waals surface area contributed by atoms with Crippen molar-refractivity contribution in [3.8, 4) is 0 Å². The lowest BCUT2D eigenvalue weighted by atomic mass is 9.87. The third kappa shape index (κ3) is 2.51. The van der Waals surface area contributed by atoms with Crippen LogP contribution in [-0.2, 0) is 5.41 Å². The minimum Gasteiger partial charge on any atom is -0.367 e. The van der Waals surface area contributed by atoms with Crippen molar-refractivity contribution in [3.05, 3.63) is 27.3 Å². The van der Waals surface area contributed by atoms with Gasteiger partial charge in [-0.1, -0.05) is 13.8 Å². The van der Waals surface area contributed by atoms with Gasteiger partial charge in [0.15, 0.2) is 0 Å². The van der Waals surface area contributed by atoms with Gasteiger partial charge in [-0.05, 0) is 79.2 Å². The van der Waals surface area contributed by atoms with E-state index in [1.165, 1.54) is 16.8 Å². The average Bonchev–Trinajstić information content (AvgIpc) is 2.77. The van der Waals surface area contributed by atoms with E-state index in [9.17, 15) is 0 Å². The van der Waals surface area contributed by atoms with Crippen LogP contribution in [-0.4, -0.2) is 37.6 Å². The zero-order chi connectivity index (χ0) is 20.7. The molecule has 0 N–H and O–H groups in total.